The average Bonchev–Trinajstić information content (AvgIpc) is 2.92. The van der Waals surface area contributed by atoms with Crippen LogP contribution in [-0.4, -0.2) is 46.8 Å². The number of carbonyl (C=O) groups is 1. The van der Waals surface area contributed by atoms with E-state index in [1.165, 1.54) is 0 Å². The summed E-state index contributed by atoms with van der Waals surface area (Å²) in [5.74, 6) is -0.796. The van der Waals surface area contributed by atoms with Crippen LogP contribution in [0.2, 0.25) is 0 Å². The molecule has 19 heavy (non-hydrogen) atoms. The molecule has 1 aliphatic heterocycles. The first kappa shape index (κ1) is 14.4. The second-order valence-corrected chi connectivity index (χ2v) is 5.72. The fourth-order valence-corrected chi connectivity index (χ4v) is 3.07. The van der Waals surface area contributed by atoms with Crippen molar-refractivity contribution in [1.29, 1.82) is 0 Å². The van der Waals surface area contributed by atoms with Crippen LogP contribution in [0.1, 0.15) is 37.2 Å². The van der Waals surface area contributed by atoms with Crippen LogP contribution < -0.4 is 0 Å². The smallest absolute Gasteiger partial charge is 0.305 e. The van der Waals surface area contributed by atoms with E-state index in [9.17, 15) is 4.79 Å². The van der Waals surface area contributed by atoms with Crippen LogP contribution in [-0.2, 0) is 9.53 Å². The number of ether oxygens (including phenoxy) is 1. The number of hydrogen-bond acceptors (Lipinski definition) is 5. The molecule has 2 rings (SSSR count). The Kier molecular flexibility index (Phi) is 5.30. The Morgan fingerprint density at radius 2 is 2.37 bits per heavy atom. The lowest BCUT2D eigenvalue weighted by atomic mass is 10.1. The van der Waals surface area contributed by atoms with Gasteiger partial charge >= 0.3 is 5.97 Å². The van der Waals surface area contributed by atoms with Gasteiger partial charge < -0.3 is 9.84 Å². The van der Waals surface area contributed by atoms with Gasteiger partial charge in [-0.15, -0.1) is 11.3 Å². The third kappa shape index (κ3) is 4.26. The second kappa shape index (κ2) is 6.98. The quantitative estimate of drug-likeness (QED) is 0.867. The van der Waals surface area contributed by atoms with Crippen LogP contribution in [0.3, 0.4) is 0 Å². The molecule has 1 aromatic rings. The Morgan fingerprint density at radius 3 is 2.95 bits per heavy atom. The Labute approximate surface area is 117 Å². The van der Waals surface area contributed by atoms with E-state index in [1.807, 2.05) is 11.6 Å². The van der Waals surface area contributed by atoms with Crippen molar-refractivity contribution in [2.45, 2.75) is 38.3 Å². The SMILES string of the molecule is CC(c1nccs1)N1CCC(OCCC(=O)O)CC1. The molecule has 0 aliphatic carbocycles. The number of thiazole rings is 1. The minimum absolute atomic E-state index is 0.0930. The number of carboxylic acids is 1. The van der Waals surface area contributed by atoms with Crippen molar-refractivity contribution in [1.82, 2.24) is 9.88 Å². The number of aliphatic carboxylic acids is 1. The molecule has 2 heterocycles. The monoisotopic (exact) mass is 284 g/mol. The molecule has 0 amide bonds. The van der Waals surface area contributed by atoms with Gasteiger partial charge in [0.25, 0.3) is 0 Å². The van der Waals surface area contributed by atoms with Gasteiger partial charge in [-0.1, -0.05) is 0 Å². The van der Waals surface area contributed by atoms with Gasteiger partial charge in [0.15, 0.2) is 0 Å². The topological polar surface area (TPSA) is 62.7 Å². The molecule has 1 saturated heterocycles. The van der Waals surface area contributed by atoms with E-state index in [-0.39, 0.29) is 12.5 Å². The van der Waals surface area contributed by atoms with Gasteiger partial charge in [-0.3, -0.25) is 9.69 Å². The van der Waals surface area contributed by atoms with Gasteiger partial charge in [0.05, 0.1) is 25.2 Å². The first-order chi connectivity index (χ1) is 9.16. The minimum atomic E-state index is -0.796. The van der Waals surface area contributed by atoms with E-state index < -0.39 is 5.97 Å². The number of likely N-dealkylation sites (tertiary alicyclic amines) is 1. The normalized spacial score (nSPS) is 19.4. The molecule has 106 valence electrons. The van der Waals surface area contributed by atoms with Crippen LogP contribution in [0.15, 0.2) is 11.6 Å². The zero-order valence-electron chi connectivity index (χ0n) is 11.1. The van der Waals surface area contributed by atoms with E-state index in [1.54, 1.807) is 11.3 Å². The van der Waals surface area contributed by atoms with Gasteiger partial charge in [0, 0.05) is 24.7 Å². The van der Waals surface area contributed by atoms with Crippen LogP contribution >= 0.6 is 11.3 Å². The van der Waals surface area contributed by atoms with E-state index in [0.717, 1.165) is 30.9 Å². The molecular weight excluding hydrogens is 264 g/mol. The highest BCUT2D eigenvalue weighted by molar-refractivity contribution is 7.09. The van der Waals surface area contributed by atoms with Gasteiger partial charge in [-0.05, 0) is 19.8 Å². The van der Waals surface area contributed by atoms with Gasteiger partial charge in [-0.25, -0.2) is 4.98 Å². The van der Waals surface area contributed by atoms with Crippen molar-refractivity contribution < 1.29 is 14.6 Å². The van der Waals surface area contributed by atoms with E-state index in [4.69, 9.17) is 9.84 Å². The molecule has 1 aromatic heterocycles. The number of piperidine rings is 1. The van der Waals surface area contributed by atoms with Gasteiger partial charge in [-0.2, -0.15) is 0 Å². The van der Waals surface area contributed by atoms with E-state index in [0.29, 0.717) is 12.6 Å². The van der Waals surface area contributed by atoms with Crippen molar-refractivity contribution in [2.24, 2.45) is 0 Å². The summed E-state index contributed by atoms with van der Waals surface area (Å²) < 4.78 is 5.59. The summed E-state index contributed by atoms with van der Waals surface area (Å²) >= 11 is 1.69. The molecule has 1 atom stereocenters. The fourth-order valence-electron chi connectivity index (χ4n) is 2.34. The average molecular weight is 284 g/mol. The molecule has 0 aromatic carbocycles. The summed E-state index contributed by atoms with van der Waals surface area (Å²) in [6.45, 7) is 4.48. The van der Waals surface area contributed by atoms with Crippen molar-refractivity contribution in [3.05, 3.63) is 16.6 Å². The number of rotatable bonds is 6. The predicted octanol–water partition coefficient (Wildman–Crippen LogP) is 2.16. The van der Waals surface area contributed by atoms with Crippen LogP contribution in [0.4, 0.5) is 0 Å². The van der Waals surface area contributed by atoms with Gasteiger partial charge in [0.2, 0.25) is 0 Å². The van der Waals surface area contributed by atoms with Crippen LogP contribution in [0.5, 0.6) is 0 Å². The zero-order chi connectivity index (χ0) is 13.7. The lowest BCUT2D eigenvalue weighted by Gasteiger charge is -2.35. The first-order valence-electron chi connectivity index (χ1n) is 6.63. The van der Waals surface area contributed by atoms with Crippen molar-refractivity contribution in [3.63, 3.8) is 0 Å². The lowest BCUT2D eigenvalue weighted by molar-refractivity contribution is -0.138. The molecular formula is C13H20N2O3S. The lowest BCUT2D eigenvalue weighted by Crippen LogP contribution is -2.38. The largest absolute Gasteiger partial charge is 0.481 e. The Balaban J connectivity index is 1.72. The molecule has 5 nitrogen and oxygen atoms in total. The van der Waals surface area contributed by atoms with Crippen molar-refractivity contribution in [2.75, 3.05) is 19.7 Å². The maximum absolute atomic E-state index is 10.4. The number of hydrogen-bond donors (Lipinski definition) is 1. The Hall–Kier alpha value is -0.980. The van der Waals surface area contributed by atoms with Crippen LogP contribution in [0.25, 0.3) is 0 Å². The minimum Gasteiger partial charge on any atom is -0.481 e. The Morgan fingerprint density at radius 1 is 1.63 bits per heavy atom. The Bertz CT molecular complexity index is 389. The van der Waals surface area contributed by atoms with Crippen molar-refractivity contribution >= 4 is 17.3 Å². The van der Waals surface area contributed by atoms with E-state index in [2.05, 4.69) is 16.8 Å². The molecule has 0 spiro atoms. The summed E-state index contributed by atoms with van der Waals surface area (Å²) in [6, 6.07) is 0.361. The predicted molar refractivity (Wildman–Crippen MR) is 73.3 cm³/mol. The highest BCUT2D eigenvalue weighted by Gasteiger charge is 2.25. The molecule has 1 unspecified atom stereocenters. The number of aromatic nitrogens is 1. The van der Waals surface area contributed by atoms with Crippen molar-refractivity contribution in [3.8, 4) is 0 Å². The first-order valence-corrected chi connectivity index (χ1v) is 7.51. The summed E-state index contributed by atoms with van der Waals surface area (Å²) in [6.07, 6.45) is 4.08. The molecule has 1 aliphatic rings. The molecule has 0 bridgehead atoms. The third-order valence-electron chi connectivity index (χ3n) is 3.50. The standard InChI is InChI=1S/C13H20N2O3S/c1-10(13-14-5-9-19-13)15-6-2-11(3-7-15)18-8-4-12(16)17/h5,9-11H,2-4,6-8H2,1H3,(H,16,17). The van der Waals surface area contributed by atoms with Gasteiger partial charge in [0.1, 0.15) is 5.01 Å². The maximum atomic E-state index is 10.4. The number of carboxylic acid groups (broad SMARTS) is 1. The zero-order valence-corrected chi connectivity index (χ0v) is 11.9. The third-order valence-corrected chi connectivity index (χ3v) is 4.45. The van der Waals surface area contributed by atoms with Crippen LogP contribution in [0, 0.1) is 0 Å². The summed E-state index contributed by atoms with van der Waals surface area (Å²) in [5, 5.41) is 11.7. The van der Waals surface area contributed by atoms with E-state index >= 15 is 0 Å². The summed E-state index contributed by atoms with van der Waals surface area (Å²) in [5.41, 5.74) is 0. The second-order valence-electron chi connectivity index (χ2n) is 4.80. The summed E-state index contributed by atoms with van der Waals surface area (Å²) in [7, 11) is 0. The summed E-state index contributed by atoms with van der Waals surface area (Å²) in [4.78, 5) is 17.2. The molecule has 1 fully saturated rings. The fraction of sp³-hybridized carbons (Fsp3) is 0.692. The highest BCUT2D eigenvalue weighted by atomic mass is 32.1. The molecule has 0 saturated carbocycles. The maximum Gasteiger partial charge on any atom is 0.305 e. The molecule has 6 heteroatoms. The molecule has 0 radical (unpaired) electrons. The number of nitrogens with zero attached hydrogens (tertiary/aromatic N) is 2. The molecule has 1 N–H and O–H groups in total. The highest BCUT2D eigenvalue weighted by Crippen LogP contribution is 2.26.